The van der Waals surface area contributed by atoms with E-state index in [1.165, 1.54) is 23.0 Å². The highest BCUT2D eigenvalue weighted by atomic mass is 32.2. The number of sulfonamides is 1. The number of nitrogens with one attached hydrogen (secondary N) is 1. The Morgan fingerprint density at radius 2 is 2.05 bits per heavy atom. The minimum atomic E-state index is -3.92. The standard InChI is InChI=1S/C12H15FN4O2S/c1-8(2)17-12(3-4-15-17)16-20(18,19)11-6-9(13)5-10(14)7-11/h3-8,16H,14H2,1-2H3. The summed E-state index contributed by atoms with van der Waals surface area (Å²) in [6, 6.07) is 4.67. The average Bonchev–Trinajstić information content (AvgIpc) is 2.75. The molecule has 0 fully saturated rings. The second kappa shape index (κ2) is 5.12. The molecule has 0 spiro atoms. The molecule has 0 aliphatic heterocycles. The van der Waals surface area contributed by atoms with E-state index in [2.05, 4.69) is 9.82 Å². The Labute approximate surface area is 116 Å². The maximum atomic E-state index is 13.3. The highest BCUT2D eigenvalue weighted by molar-refractivity contribution is 7.92. The van der Waals surface area contributed by atoms with Crippen molar-refractivity contribution in [2.45, 2.75) is 24.8 Å². The minimum Gasteiger partial charge on any atom is -0.399 e. The smallest absolute Gasteiger partial charge is 0.263 e. The predicted octanol–water partition coefficient (Wildman–Crippen LogP) is 1.99. The average molecular weight is 298 g/mol. The van der Waals surface area contributed by atoms with Crippen LogP contribution in [0.5, 0.6) is 0 Å². The molecular formula is C12H15FN4O2S. The SMILES string of the molecule is CC(C)n1nccc1NS(=O)(=O)c1cc(N)cc(F)c1. The Bertz CT molecular complexity index is 705. The fraction of sp³-hybridized carbons (Fsp3) is 0.250. The molecule has 0 unspecified atom stereocenters. The van der Waals surface area contributed by atoms with Crippen LogP contribution in [0.15, 0.2) is 35.4 Å². The van der Waals surface area contributed by atoms with Gasteiger partial charge >= 0.3 is 0 Å². The number of hydrogen-bond acceptors (Lipinski definition) is 4. The highest BCUT2D eigenvalue weighted by Crippen LogP contribution is 2.21. The quantitative estimate of drug-likeness (QED) is 0.845. The van der Waals surface area contributed by atoms with E-state index < -0.39 is 15.8 Å². The van der Waals surface area contributed by atoms with Gasteiger partial charge in [0.25, 0.3) is 10.0 Å². The monoisotopic (exact) mass is 298 g/mol. The summed E-state index contributed by atoms with van der Waals surface area (Å²) >= 11 is 0. The Balaban J connectivity index is 2.38. The van der Waals surface area contributed by atoms with Crippen molar-refractivity contribution in [3.05, 3.63) is 36.3 Å². The summed E-state index contributed by atoms with van der Waals surface area (Å²) in [6.07, 6.45) is 1.48. The summed E-state index contributed by atoms with van der Waals surface area (Å²) in [5, 5.41) is 4.02. The largest absolute Gasteiger partial charge is 0.399 e. The zero-order chi connectivity index (χ0) is 14.9. The van der Waals surface area contributed by atoms with Crippen molar-refractivity contribution < 1.29 is 12.8 Å². The zero-order valence-electron chi connectivity index (χ0n) is 11.0. The molecule has 20 heavy (non-hydrogen) atoms. The van der Waals surface area contributed by atoms with Crippen molar-refractivity contribution in [2.24, 2.45) is 0 Å². The maximum Gasteiger partial charge on any atom is 0.263 e. The molecule has 108 valence electrons. The predicted molar refractivity (Wildman–Crippen MR) is 74.2 cm³/mol. The Morgan fingerprint density at radius 3 is 2.65 bits per heavy atom. The third-order valence-electron chi connectivity index (χ3n) is 2.60. The summed E-state index contributed by atoms with van der Waals surface area (Å²) < 4.78 is 41.5. The lowest BCUT2D eigenvalue weighted by molar-refractivity contribution is 0.539. The van der Waals surface area contributed by atoms with E-state index in [1.807, 2.05) is 13.8 Å². The Kier molecular flexibility index (Phi) is 3.67. The van der Waals surface area contributed by atoms with Crippen LogP contribution >= 0.6 is 0 Å². The molecule has 3 N–H and O–H groups in total. The van der Waals surface area contributed by atoms with Crippen LogP contribution in [0.3, 0.4) is 0 Å². The van der Waals surface area contributed by atoms with Gasteiger partial charge in [0.15, 0.2) is 0 Å². The number of rotatable bonds is 4. The molecule has 0 aliphatic rings. The fourth-order valence-corrected chi connectivity index (χ4v) is 2.86. The van der Waals surface area contributed by atoms with Crippen LogP contribution in [0, 0.1) is 5.82 Å². The minimum absolute atomic E-state index is 0.0136. The molecule has 0 aliphatic carbocycles. The molecule has 0 atom stereocenters. The van der Waals surface area contributed by atoms with E-state index in [0.29, 0.717) is 5.82 Å². The van der Waals surface area contributed by atoms with Gasteiger partial charge in [-0.15, -0.1) is 0 Å². The first-order valence-electron chi connectivity index (χ1n) is 5.92. The topological polar surface area (TPSA) is 90.0 Å². The molecule has 0 saturated heterocycles. The number of anilines is 2. The van der Waals surface area contributed by atoms with Gasteiger partial charge in [-0.05, 0) is 32.0 Å². The normalized spacial score (nSPS) is 11.8. The molecule has 0 saturated carbocycles. The van der Waals surface area contributed by atoms with Gasteiger partial charge in [-0.2, -0.15) is 5.10 Å². The maximum absolute atomic E-state index is 13.3. The second-order valence-electron chi connectivity index (χ2n) is 4.58. The number of nitrogen functional groups attached to an aromatic ring is 1. The van der Waals surface area contributed by atoms with Crippen LogP contribution in [0.4, 0.5) is 15.9 Å². The van der Waals surface area contributed by atoms with Crippen LogP contribution in [0.25, 0.3) is 0 Å². The van der Waals surface area contributed by atoms with Crippen LogP contribution in [0.2, 0.25) is 0 Å². The first-order chi connectivity index (χ1) is 9.29. The van der Waals surface area contributed by atoms with E-state index in [9.17, 15) is 12.8 Å². The van der Waals surface area contributed by atoms with Crippen LogP contribution < -0.4 is 10.5 Å². The van der Waals surface area contributed by atoms with E-state index in [4.69, 9.17) is 5.73 Å². The van der Waals surface area contributed by atoms with Crippen molar-refractivity contribution in [1.82, 2.24) is 9.78 Å². The molecule has 0 amide bonds. The zero-order valence-corrected chi connectivity index (χ0v) is 11.9. The Morgan fingerprint density at radius 1 is 1.35 bits per heavy atom. The molecule has 1 aromatic carbocycles. The molecule has 2 aromatic rings. The van der Waals surface area contributed by atoms with Crippen molar-refractivity contribution in [2.75, 3.05) is 10.5 Å². The van der Waals surface area contributed by atoms with E-state index >= 15 is 0 Å². The molecule has 0 radical (unpaired) electrons. The number of hydrogen-bond donors (Lipinski definition) is 2. The first kappa shape index (κ1) is 14.3. The number of benzene rings is 1. The van der Waals surface area contributed by atoms with E-state index in [1.54, 1.807) is 0 Å². The lowest BCUT2D eigenvalue weighted by atomic mass is 10.3. The third kappa shape index (κ3) is 2.90. The molecule has 8 heteroatoms. The highest BCUT2D eigenvalue weighted by Gasteiger charge is 2.18. The molecule has 6 nitrogen and oxygen atoms in total. The molecule has 1 heterocycles. The summed E-state index contributed by atoms with van der Waals surface area (Å²) in [5.74, 6) is -0.398. The van der Waals surface area contributed by atoms with Crippen LogP contribution in [-0.4, -0.2) is 18.2 Å². The number of halogens is 1. The van der Waals surface area contributed by atoms with Gasteiger partial charge < -0.3 is 5.73 Å². The van der Waals surface area contributed by atoms with Crippen molar-refractivity contribution in [1.29, 1.82) is 0 Å². The van der Waals surface area contributed by atoms with Crippen molar-refractivity contribution in [3.8, 4) is 0 Å². The summed E-state index contributed by atoms with van der Waals surface area (Å²) in [5.41, 5.74) is 5.50. The first-order valence-corrected chi connectivity index (χ1v) is 7.40. The summed E-state index contributed by atoms with van der Waals surface area (Å²) in [4.78, 5) is -0.230. The van der Waals surface area contributed by atoms with Gasteiger partial charge in [0.1, 0.15) is 11.6 Å². The van der Waals surface area contributed by atoms with E-state index in [0.717, 1.165) is 12.1 Å². The second-order valence-corrected chi connectivity index (χ2v) is 6.26. The molecule has 2 rings (SSSR count). The number of aromatic nitrogens is 2. The van der Waals surface area contributed by atoms with Crippen molar-refractivity contribution in [3.63, 3.8) is 0 Å². The molecular weight excluding hydrogens is 283 g/mol. The van der Waals surface area contributed by atoms with Gasteiger partial charge in [0, 0.05) is 17.8 Å². The lowest BCUT2D eigenvalue weighted by Gasteiger charge is -2.13. The van der Waals surface area contributed by atoms with Crippen LogP contribution in [0.1, 0.15) is 19.9 Å². The van der Waals surface area contributed by atoms with Crippen LogP contribution in [-0.2, 0) is 10.0 Å². The number of nitrogens with zero attached hydrogens (tertiary/aromatic N) is 2. The van der Waals surface area contributed by atoms with Gasteiger partial charge in [-0.1, -0.05) is 0 Å². The van der Waals surface area contributed by atoms with Crippen molar-refractivity contribution >= 4 is 21.5 Å². The third-order valence-corrected chi connectivity index (χ3v) is 3.94. The van der Waals surface area contributed by atoms with Gasteiger partial charge in [0.2, 0.25) is 0 Å². The lowest BCUT2D eigenvalue weighted by Crippen LogP contribution is -2.17. The molecule has 1 aromatic heterocycles. The molecule has 0 bridgehead atoms. The summed E-state index contributed by atoms with van der Waals surface area (Å²) in [7, 11) is -3.92. The van der Waals surface area contributed by atoms with Gasteiger partial charge in [0.05, 0.1) is 11.1 Å². The van der Waals surface area contributed by atoms with E-state index in [-0.39, 0.29) is 16.6 Å². The van der Waals surface area contributed by atoms with Gasteiger partial charge in [-0.25, -0.2) is 17.5 Å². The Hall–Kier alpha value is -2.09. The van der Waals surface area contributed by atoms with Gasteiger partial charge in [-0.3, -0.25) is 4.72 Å². The fourth-order valence-electron chi connectivity index (χ4n) is 1.74. The summed E-state index contributed by atoms with van der Waals surface area (Å²) in [6.45, 7) is 3.73. The number of nitrogens with two attached hydrogens (primary N) is 1.